The van der Waals surface area contributed by atoms with Gasteiger partial charge in [0.2, 0.25) is 11.9 Å². The van der Waals surface area contributed by atoms with Crippen LogP contribution in [0.3, 0.4) is 0 Å². The fourth-order valence-electron chi connectivity index (χ4n) is 4.40. The lowest BCUT2D eigenvalue weighted by Crippen LogP contribution is -2.24. The van der Waals surface area contributed by atoms with Gasteiger partial charge in [-0.15, -0.1) is 5.10 Å². The Labute approximate surface area is 254 Å². The summed E-state index contributed by atoms with van der Waals surface area (Å²) in [6.07, 6.45) is -2.06. The molecule has 1 amide bonds. The molecule has 10 nitrogen and oxygen atoms in total. The van der Waals surface area contributed by atoms with Crippen molar-refractivity contribution >= 4 is 38.7 Å². The van der Waals surface area contributed by atoms with Gasteiger partial charge in [-0.2, -0.15) is 18.2 Å². The second kappa shape index (κ2) is 12.5. The van der Waals surface area contributed by atoms with Gasteiger partial charge in [0.1, 0.15) is 11.6 Å². The van der Waals surface area contributed by atoms with Crippen LogP contribution in [-0.4, -0.2) is 59.7 Å². The molecule has 1 unspecified atom stereocenters. The highest BCUT2D eigenvalue weighted by molar-refractivity contribution is 7.90. The van der Waals surface area contributed by atoms with Crippen LogP contribution in [0.1, 0.15) is 11.5 Å². The number of ether oxygens (including phenoxy) is 1. The lowest BCUT2D eigenvalue weighted by atomic mass is 9.98. The monoisotopic (exact) mass is 643 g/mol. The summed E-state index contributed by atoms with van der Waals surface area (Å²) in [5.74, 6) is -2.58. The van der Waals surface area contributed by atoms with E-state index in [9.17, 15) is 35.9 Å². The maximum Gasteiger partial charge on any atom is 0.422 e. The van der Waals surface area contributed by atoms with Crippen molar-refractivity contribution in [3.05, 3.63) is 96.4 Å². The van der Waals surface area contributed by atoms with E-state index in [-0.39, 0.29) is 27.8 Å². The zero-order chi connectivity index (χ0) is 32.4. The van der Waals surface area contributed by atoms with Crippen LogP contribution in [0.25, 0.3) is 16.8 Å². The average molecular weight is 644 g/mol. The first kappa shape index (κ1) is 31.4. The number of carbonyl (C=O) groups excluding carboxylic acids is 1. The SMILES string of the molecule is CS(=O)(=O)c1ccc(Nc2nc3ccc(-c4ccc(NC(=O)C(CO)c5ccccc5F)cc4)cn3n2)c(OCC(F)(F)F)c1. The fourth-order valence-corrected chi connectivity index (χ4v) is 5.03. The first-order chi connectivity index (χ1) is 21.3. The molecule has 3 N–H and O–H groups in total. The Hall–Kier alpha value is -5.02. The van der Waals surface area contributed by atoms with Gasteiger partial charge in [-0.05, 0) is 48.0 Å². The molecular formula is C30H25F4N5O5S. The second-order valence-corrected chi connectivity index (χ2v) is 12.0. The summed E-state index contributed by atoms with van der Waals surface area (Å²) in [7, 11) is -3.72. The van der Waals surface area contributed by atoms with E-state index >= 15 is 0 Å². The number of sulfone groups is 1. The molecule has 0 spiro atoms. The number of carbonyl (C=O) groups is 1. The molecule has 0 aliphatic rings. The number of pyridine rings is 1. The van der Waals surface area contributed by atoms with Gasteiger partial charge >= 0.3 is 6.18 Å². The van der Waals surface area contributed by atoms with E-state index in [4.69, 9.17) is 4.74 Å². The molecule has 0 saturated heterocycles. The van der Waals surface area contributed by atoms with E-state index in [0.29, 0.717) is 16.9 Å². The van der Waals surface area contributed by atoms with Crippen LogP contribution in [0.2, 0.25) is 0 Å². The van der Waals surface area contributed by atoms with E-state index in [1.807, 2.05) is 0 Å². The molecule has 0 radical (unpaired) electrons. The van der Waals surface area contributed by atoms with E-state index in [1.165, 1.54) is 34.8 Å². The minimum Gasteiger partial charge on any atom is -0.482 e. The summed E-state index contributed by atoms with van der Waals surface area (Å²) in [6.45, 7) is -2.21. The van der Waals surface area contributed by atoms with Crippen LogP contribution in [0.4, 0.5) is 34.9 Å². The predicted octanol–water partition coefficient (Wildman–Crippen LogP) is 5.34. The molecule has 2 heterocycles. The first-order valence-corrected chi connectivity index (χ1v) is 15.1. The Bertz CT molecular complexity index is 1960. The number of nitrogens with one attached hydrogen (secondary N) is 2. The van der Waals surface area contributed by atoms with Gasteiger partial charge in [0, 0.05) is 35.3 Å². The van der Waals surface area contributed by atoms with Crippen LogP contribution in [-0.2, 0) is 14.6 Å². The number of hydrogen-bond acceptors (Lipinski definition) is 8. The Morgan fingerprint density at radius 1 is 1.02 bits per heavy atom. The van der Waals surface area contributed by atoms with Gasteiger partial charge in [0.25, 0.3) is 0 Å². The molecule has 3 aromatic carbocycles. The summed E-state index contributed by atoms with van der Waals surface area (Å²) in [5, 5.41) is 19.5. The maximum atomic E-state index is 14.2. The molecule has 5 rings (SSSR count). The highest BCUT2D eigenvalue weighted by atomic mass is 32.2. The summed E-state index contributed by atoms with van der Waals surface area (Å²) < 4.78 is 82.8. The molecule has 0 aliphatic carbocycles. The van der Waals surface area contributed by atoms with Gasteiger partial charge in [0.05, 0.1) is 23.1 Å². The zero-order valence-corrected chi connectivity index (χ0v) is 24.2. The minimum absolute atomic E-state index is 0.0162. The molecule has 0 fully saturated rings. The molecule has 45 heavy (non-hydrogen) atoms. The van der Waals surface area contributed by atoms with Crippen molar-refractivity contribution in [1.29, 1.82) is 0 Å². The van der Waals surface area contributed by atoms with E-state index in [1.54, 1.807) is 48.7 Å². The quantitative estimate of drug-likeness (QED) is 0.174. The van der Waals surface area contributed by atoms with Crippen molar-refractivity contribution in [2.45, 2.75) is 17.0 Å². The highest BCUT2D eigenvalue weighted by Gasteiger charge is 2.29. The van der Waals surface area contributed by atoms with Crippen LogP contribution in [0.5, 0.6) is 5.75 Å². The molecule has 0 bridgehead atoms. The Morgan fingerprint density at radius 2 is 1.73 bits per heavy atom. The Balaban J connectivity index is 1.33. The van der Waals surface area contributed by atoms with Crippen LogP contribution < -0.4 is 15.4 Å². The van der Waals surface area contributed by atoms with Crippen molar-refractivity contribution in [3.63, 3.8) is 0 Å². The van der Waals surface area contributed by atoms with Gasteiger partial charge in [-0.1, -0.05) is 30.3 Å². The molecule has 15 heteroatoms. The van der Waals surface area contributed by atoms with Crippen LogP contribution >= 0.6 is 0 Å². The zero-order valence-electron chi connectivity index (χ0n) is 23.4. The van der Waals surface area contributed by atoms with Crippen molar-refractivity contribution in [2.75, 3.05) is 30.1 Å². The normalized spacial score (nSPS) is 12.6. The second-order valence-electron chi connectivity index (χ2n) is 9.94. The number of anilines is 3. The molecule has 0 aliphatic heterocycles. The molecule has 1 atom stereocenters. The van der Waals surface area contributed by atoms with Crippen LogP contribution in [0, 0.1) is 5.82 Å². The first-order valence-electron chi connectivity index (χ1n) is 13.2. The number of benzene rings is 3. The van der Waals surface area contributed by atoms with Gasteiger partial charge in [-0.25, -0.2) is 17.3 Å². The van der Waals surface area contributed by atoms with Crippen molar-refractivity contribution < 1.29 is 40.6 Å². The smallest absolute Gasteiger partial charge is 0.422 e. The number of aromatic nitrogens is 3. The minimum atomic E-state index is -4.65. The topological polar surface area (TPSA) is 135 Å². The number of rotatable bonds is 10. The van der Waals surface area contributed by atoms with E-state index < -0.39 is 46.9 Å². The number of hydrogen-bond donors (Lipinski definition) is 3. The third kappa shape index (κ3) is 7.56. The molecule has 2 aromatic heterocycles. The molecular weight excluding hydrogens is 618 g/mol. The molecule has 0 saturated carbocycles. The number of alkyl halides is 3. The van der Waals surface area contributed by atoms with Crippen LogP contribution in [0.15, 0.2) is 90.0 Å². The average Bonchev–Trinajstić information content (AvgIpc) is 3.39. The lowest BCUT2D eigenvalue weighted by molar-refractivity contribution is -0.153. The van der Waals surface area contributed by atoms with Gasteiger partial charge in [0.15, 0.2) is 22.1 Å². The van der Waals surface area contributed by atoms with Crippen molar-refractivity contribution in [3.8, 4) is 16.9 Å². The number of amides is 1. The summed E-state index contributed by atoms with van der Waals surface area (Å²) in [4.78, 5) is 16.8. The molecule has 5 aromatic rings. The van der Waals surface area contributed by atoms with Gasteiger partial charge in [-0.3, -0.25) is 4.79 Å². The number of aliphatic hydroxyl groups is 1. The van der Waals surface area contributed by atoms with E-state index in [0.717, 1.165) is 17.9 Å². The maximum absolute atomic E-state index is 14.2. The third-order valence-corrected chi connectivity index (χ3v) is 7.73. The summed E-state index contributed by atoms with van der Waals surface area (Å²) in [6, 6.07) is 19.4. The standard InChI is InChI=1S/C30H25F4N5O5S/c1-45(42,43)21-11-12-25(26(14-21)44-17-30(32,33)34)36-29-37-27-13-8-19(15-39(27)38-29)18-6-9-20(10-7-18)35-28(41)23(16-40)22-4-2-3-5-24(22)31/h2-15,23,40H,16-17H2,1H3,(H,35,41)(H,36,38). The number of aliphatic hydroxyl groups excluding tert-OH is 1. The number of nitrogens with zero attached hydrogens (tertiary/aromatic N) is 3. The largest absolute Gasteiger partial charge is 0.482 e. The lowest BCUT2D eigenvalue weighted by Gasteiger charge is -2.15. The van der Waals surface area contributed by atoms with Crippen molar-refractivity contribution in [2.24, 2.45) is 0 Å². The number of fused-ring (bicyclic) bond motifs is 1. The predicted molar refractivity (Wildman–Crippen MR) is 158 cm³/mol. The van der Waals surface area contributed by atoms with Crippen molar-refractivity contribution in [1.82, 2.24) is 14.6 Å². The van der Waals surface area contributed by atoms with Gasteiger partial charge < -0.3 is 20.5 Å². The third-order valence-electron chi connectivity index (χ3n) is 6.62. The molecule has 234 valence electrons. The number of halogens is 4. The van der Waals surface area contributed by atoms with E-state index in [2.05, 4.69) is 20.7 Å². The summed E-state index contributed by atoms with van der Waals surface area (Å²) >= 11 is 0. The highest BCUT2D eigenvalue weighted by Crippen LogP contribution is 2.32. The summed E-state index contributed by atoms with van der Waals surface area (Å²) in [5.41, 5.74) is 2.39. The fraction of sp³-hybridized carbons (Fsp3) is 0.167. The Kier molecular flexibility index (Phi) is 8.75. The Morgan fingerprint density at radius 3 is 2.40 bits per heavy atom.